The molecule has 6 rings (SSSR count). The molecule has 38 heavy (non-hydrogen) atoms. The maximum absolute atomic E-state index is 13.8. The summed E-state index contributed by atoms with van der Waals surface area (Å²) in [5.74, 6) is 1.07. The minimum atomic E-state index is -0.102. The van der Waals surface area contributed by atoms with E-state index in [4.69, 9.17) is 4.42 Å². The summed E-state index contributed by atoms with van der Waals surface area (Å²) in [6.07, 6.45) is 5.70. The van der Waals surface area contributed by atoms with Crippen LogP contribution in [0.15, 0.2) is 64.7 Å². The molecule has 5 heterocycles. The molecule has 0 bridgehead atoms. The molecule has 1 amide bonds. The molecule has 0 spiro atoms. The number of nitrogens with zero attached hydrogens (tertiary/aromatic N) is 8. The van der Waals surface area contributed by atoms with Gasteiger partial charge in [0.05, 0.1) is 18.4 Å². The molecule has 1 aromatic carbocycles. The number of aryl methyl sites for hydroxylation is 1. The summed E-state index contributed by atoms with van der Waals surface area (Å²) < 4.78 is 6.06. The predicted molar refractivity (Wildman–Crippen MR) is 141 cm³/mol. The maximum Gasteiger partial charge on any atom is 0.266 e. The van der Waals surface area contributed by atoms with Crippen LogP contribution in [0.25, 0.3) is 17.4 Å². The molecular formula is C27H26N8O2S. The summed E-state index contributed by atoms with van der Waals surface area (Å²) in [5.41, 5.74) is 3.01. The molecule has 1 aliphatic heterocycles. The van der Waals surface area contributed by atoms with Crippen molar-refractivity contribution in [2.24, 2.45) is 0 Å². The van der Waals surface area contributed by atoms with Crippen molar-refractivity contribution in [3.8, 4) is 17.4 Å². The van der Waals surface area contributed by atoms with E-state index in [1.54, 1.807) is 35.9 Å². The molecule has 2 atom stereocenters. The SMILES string of the molecule is Cc1csc(C2CCCN2C(=O)c2cc(-c3nnc(C(C)Cc4ccccc4)o3)nc(-n3nccn3)c2)n1. The van der Waals surface area contributed by atoms with Crippen molar-refractivity contribution in [2.75, 3.05) is 6.54 Å². The van der Waals surface area contributed by atoms with E-state index in [1.165, 1.54) is 10.4 Å². The van der Waals surface area contributed by atoms with Crippen LogP contribution in [0.4, 0.5) is 0 Å². The molecule has 192 valence electrons. The molecule has 1 fully saturated rings. The van der Waals surface area contributed by atoms with Gasteiger partial charge in [0, 0.05) is 29.1 Å². The third-order valence-electron chi connectivity index (χ3n) is 6.58. The molecule has 4 aromatic heterocycles. The van der Waals surface area contributed by atoms with Gasteiger partial charge in [-0.25, -0.2) is 9.97 Å². The number of amides is 1. The van der Waals surface area contributed by atoms with Gasteiger partial charge in [0.25, 0.3) is 11.8 Å². The Morgan fingerprint density at radius 2 is 1.95 bits per heavy atom. The number of thiazole rings is 1. The van der Waals surface area contributed by atoms with Crippen molar-refractivity contribution in [3.63, 3.8) is 0 Å². The zero-order chi connectivity index (χ0) is 26.1. The highest BCUT2D eigenvalue weighted by molar-refractivity contribution is 7.09. The second-order valence-corrected chi connectivity index (χ2v) is 10.3. The Morgan fingerprint density at radius 3 is 2.71 bits per heavy atom. The number of likely N-dealkylation sites (tertiary alicyclic amines) is 1. The smallest absolute Gasteiger partial charge is 0.266 e. The number of aromatic nitrogens is 7. The van der Waals surface area contributed by atoms with E-state index in [0.717, 1.165) is 30.0 Å². The summed E-state index contributed by atoms with van der Waals surface area (Å²) in [6, 6.07) is 13.5. The van der Waals surface area contributed by atoms with Crippen molar-refractivity contribution in [1.29, 1.82) is 0 Å². The lowest BCUT2D eigenvalue weighted by Gasteiger charge is -2.23. The molecule has 5 aromatic rings. The monoisotopic (exact) mass is 526 g/mol. The number of pyridine rings is 1. The van der Waals surface area contributed by atoms with Gasteiger partial charge in [0.15, 0.2) is 5.82 Å². The topological polar surface area (TPSA) is 116 Å². The average Bonchev–Trinajstić information content (AvgIpc) is 3.75. The van der Waals surface area contributed by atoms with E-state index < -0.39 is 0 Å². The molecule has 0 radical (unpaired) electrons. The Hall–Kier alpha value is -4.25. The first-order valence-corrected chi connectivity index (χ1v) is 13.4. The van der Waals surface area contributed by atoms with Gasteiger partial charge < -0.3 is 9.32 Å². The normalized spacial score (nSPS) is 16.2. The van der Waals surface area contributed by atoms with E-state index in [-0.39, 0.29) is 23.8 Å². The lowest BCUT2D eigenvalue weighted by Crippen LogP contribution is -2.30. The standard InChI is InChI=1S/C27H26N8O2S/c1-17(13-19-7-4-3-5-8-19)24-32-33-25(37-24)21-14-20(15-23(31-21)35-28-10-11-29-35)27(36)34-12-6-9-22(34)26-30-18(2)16-38-26/h3-5,7-8,10-11,14-17,22H,6,9,12-13H2,1-2H3. The van der Waals surface area contributed by atoms with Crippen molar-refractivity contribution in [1.82, 2.24) is 40.1 Å². The summed E-state index contributed by atoms with van der Waals surface area (Å²) in [5, 5.41) is 20.0. The third kappa shape index (κ3) is 4.84. The van der Waals surface area contributed by atoms with Gasteiger partial charge in [0.1, 0.15) is 10.7 Å². The van der Waals surface area contributed by atoms with Crippen molar-refractivity contribution in [2.45, 2.75) is 45.1 Å². The third-order valence-corrected chi connectivity index (χ3v) is 7.65. The molecule has 2 unspecified atom stereocenters. The Kier molecular flexibility index (Phi) is 6.50. The summed E-state index contributed by atoms with van der Waals surface area (Å²) in [4.78, 5) is 26.4. The van der Waals surface area contributed by atoms with E-state index in [2.05, 4.69) is 42.5 Å². The number of benzene rings is 1. The van der Waals surface area contributed by atoms with Crippen molar-refractivity contribution < 1.29 is 9.21 Å². The van der Waals surface area contributed by atoms with Crippen LogP contribution >= 0.6 is 11.3 Å². The number of carbonyl (C=O) groups is 1. The summed E-state index contributed by atoms with van der Waals surface area (Å²) in [7, 11) is 0. The Labute approximate surface area is 223 Å². The molecule has 1 aliphatic rings. The van der Waals surface area contributed by atoms with Crippen LogP contribution in [0.5, 0.6) is 0 Å². The minimum Gasteiger partial charge on any atom is -0.419 e. The molecule has 10 nitrogen and oxygen atoms in total. The highest BCUT2D eigenvalue weighted by atomic mass is 32.1. The Bertz CT molecular complexity index is 1550. The fraction of sp³-hybridized carbons (Fsp3) is 0.296. The van der Waals surface area contributed by atoms with E-state index >= 15 is 0 Å². The molecule has 0 saturated carbocycles. The fourth-order valence-corrected chi connectivity index (χ4v) is 5.68. The molecule has 0 aliphatic carbocycles. The first-order valence-electron chi connectivity index (χ1n) is 12.5. The second-order valence-electron chi connectivity index (χ2n) is 9.44. The van der Waals surface area contributed by atoms with Crippen LogP contribution in [0.1, 0.15) is 64.2 Å². The lowest BCUT2D eigenvalue weighted by atomic mass is 10.0. The average molecular weight is 527 g/mol. The number of rotatable bonds is 7. The van der Waals surface area contributed by atoms with Crippen molar-refractivity contribution >= 4 is 17.2 Å². The van der Waals surface area contributed by atoms with Crippen molar-refractivity contribution in [3.05, 3.63) is 88.0 Å². The molecule has 0 N–H and O–H groups in total. The van der Waals surface area contributed by atoms with E-state index in [9.17, 15) is 4.79 Å². The largest absolute Gasteiger partial charge is 0.419 e. The Morgan fingerprint density at radius 1 is 1.13 bits per heavy atom. The van der Waals surface area contributed by atoms with Gasteiger partial charge in [-0.15, -0.1) is 26.3 Å². The zero-order valence-electron chi connectivity index (χ0n) is 21.1. The summed E-state index contributed by atoms with van der Waals surface area (Å²) >= 11 is 1.60. The van der Waals surface area contributed by atoms with Crippen LogP contribution in [0.3, 0.4) is 0 Å². The van der Waals surface area contributed by atoms with Crippen LogP contribution < -0.4 is 0 Å². The highest BCUT2D eigenvalue weighted by Crippen LogP contribution is 2.35. The fourth-order valence-electron chi connectivity index (χ4n) is 4.74. The number of hydrogen-bond donors (Lipinski definition) is 0. The number of carbonyl (C=O) groups excluding carboxylic acids is 1. The zero-order valence-corrected chi connectivity index (χ0v) is 21.9. The molecule has 11 heteroatoms. The van der Waals surface area contributed by atoms with Crippen LogP contribution in [0.2, 0.25) is 0 Å². The van der Waals surface area contributed by atoms with E-state index in [0.29, 0.717) is 29.5 Å². The van der Waals surface area contributed by atoms with Gasteiger partial charge in [-0.1, -0.05) is 37.3 Å². The highest BCUT2D eigenvalue weighted by Gasteiger charge is 2.33. The van der Waals surface area contributed by atoms with Gasteiger partial charge >= 0.3 is 0 Å². The van der Waals surface area contributed by atoms with Gasteiger partial charge in [-0.3, -0.25) is 4.79 Å². The first kappa shape index (κ1) is 24.1. The predicted octanol–water partition coefficient (Wildman–Crippen LogP) is 4.80. The lowest BCUT2D eigenvalue weighted by molar-refractivity contribution is 0.0735. The Balaban J connectivity index is 1.33. The van der Waals surface area contributed by atoms with Gasteiger partial charge in [-0.2, -0.15) is 10.2 Å². The van der Waals surface area contributed by atoms with Gasteiger partial charge in [-0.05, 0) is 43.9 Å². The maximum atomic E-state index is 13.8. The number of hydrogen-bond acceptors (Lipinski definition) is 9. The van der Waals surface area contributed by atoms with E-state index in [1.807, 2.05) is 42.3 Å². The molecule has 1 saturated heterocycles. The van der Waals surface area contributed by atoms with Crippen LogP contribution in [-0.4, -0.2) is 52.5 Å². The summed E-state index contributed by atoms with van der Waals surface area (Å²) in [6.45, 7) is 4.68. The van der Waals surface area contributed by atoms with Crippen LogP contribution in [-0.2, 0) is 6.42 Å². The quantitative estimate of drug-likeness (QED) is 0.297. The van der Waals surface area contributed by atoms with Gasteiger partial charge in [0.2, 0.25) is 5.89 Å². The first-order chi connectivity index (χ1) is 18.5. The molecular weight excluding hydrogens is 500 g/mol. The minimum absolute atomic E-state index is 0.0165. The second kappa shape index (κ2) is 10.3. The van der Waals surface area contributed by atoms with Crippen LogP contribution in [0, 0.1) is 6.92 Å².